The molecule has 0 bridgehead atoms. The van der Waals surface area contributed by atoms with E-state index in [1.54, 1.807) is 12.1 Å². The number of benzene rings is 2. The predicted molar refractivity (Wildman–Crippen MR) is 111 cm³/mol. The van der Waals surface area contributed by atoms with Crippen LogP contribution in [0.2, 0.25) is 10.0 Å². The number of ketones is 1. The predicted octanol–water partition coefficient (Wildman–Crippen LogP) is 2.12. The molecule has 30 heavy (non-hydrogen) atoms. The van der Waals surface area contributed by atoms with Gasteiger partial charge in [-0.1, -0.05) is 40.9 Å². The summed E-state index contributed by atoms with van der Waals surface area (Å²) in [5, 5.41) is 2.68. The number of sulfonamides is 1. The van der Waals surface area contributed by atoms with E-state index < -0.39 is 47.4 Å². The van der Waals surface area contributed by atoms with Crippen molar-refractivity contribution in [2.75, 3.05) is 19.7 Å². The number of ether oxygens (including phenoxy) is 1. The molecule has 0 radical (unpaired) electrons. The molecule has 0 spiro atoms. The molecule has 160 valence electrons. The molecule has 1 amide bonds. The lowest BCUT2D eigenvalue weighted by molar-refractivity contribution is -0.142. The zero-order chi connectivity index (χ0) is 22.3. The number of aryl methyl sites for hydroxylation is 1. The van der Waals surface area contributed by atoms with Gasteiger partial charge in [-0.2, -0.15) is 0 Å². The van der Waals surface area contributed by atoms with Crippen molar-refractivity contribution in [2.45, 2.75) is 11.8 Å². The molecule has 0 aromatic heterocycles. The molecule has 0 aliphatic carbocycles. The average molecular weight is 473 g/mol. The quantitative estimate of drug-likeness (QED) is 0.426. The first-order valence-corrected chi connectivity index (χ1v) is 10.8. The summed E-state index contributed by atoms with van der Waals surface area (Å²) >= 11 is 11.7. The molecule has 0 aliphatic heterocycles. The highest BCUT2D eigenvalue weighted by atomic mass is 35.5. The van der Waals surface area contributed by atoms with Gasteiger partial charge >= 0.3 is 5.97 Å². The number of halogens is 2. The molecule has 0 saturated heterocycles. The van der Waals surface area contributed by atoms with Crippen molar-refractivity contribution in [3.05, 3.63) is 63.6 Å². The fraction of sp³-hybridized carbons (Fsp3) is 0.211. The van der Waals surface area contributed by atoms with Crippen molar-refractivity contribution >= 4 is 50.9 Å². The Hall–Kier alpha value is -2.46. The first-order valence-electron chi connectivity index (χ1n) is 8.55. The van der Waals surface area contributed by atoms with E-state index in [4.69, 9.17) is 27.9 Å². The molecule has 0 aliphatic rings. The van der Waals surface area contributed by atoms with Crippen molar-refractivity contribution in [3.8, 4) is 0 Å². The maximum absolute atomic E-state index is 12.1. The van der Waals surface area contributed by atoms with E-state index in [2.05, 4.69) is 10.0 Å². The molecule has 2 aromatic rings. The van der Waals surface area contributed by atoms with Gasteiger partial charge in [0.05, 0.1) is 16.5 Å². The number of carbonyl (C=O) groups excluding carboxylic acids is 3. The van der Waals surface area contributed by atoms with Crippen molar-refractivity contribution in [3.63, 3.8) is 0 Å². The van der Waals surface area contributed by atoms with Crippen LogP contribution in [0.15, 0.2) is 47.4 Å². The number of rotatable bonds is 9. The van der Waals surface area contributed by atoms with Gasteiger partial charge in [-0.05, 0) is 37.3 Å². The number of hydrogen-bond donors (Lipinski definition) is 2. The zero-order valence-corrected chi connectivity index (χ0v) is 18.1. The van der Waals surface area contributed by atoms with Crippen LogP contribution in [0.5, 0.6) is 0 Å². The molecule has 0 atom stereocenters. The standard InChI is InChI=1S/C19H18Cl2N2O6S/c1-12-2-5-14(6-3-12)30(27,28)23-9-18(25)22-10-19(26)29-11-17(24)15-7-4-13(20)8-16(15)21/h2-8,23H,9-11H2,1H3,(H,22,25). The summed E-state index contributed by atoms with van der Waals surface area (Å²) in [4.78, 5) is 35.5. The average Bonchev–Trinajstić information content (AvgIpc) is 2.69. The van der Waals surface area contributed by atoms with Gasteiger partial charge in [-0.15, -0.1) is 0 Å². The van der Waals surface area contributed by atoms with Crippen LogP contribution >= 0.6 is 23.2 Å². The Morgan fingerprint density at radius 2 is 1.67 bits per heavy atom. The summed E-state index contributed by atoms with van der Waals surface area (Å²) in [5.74, 6) is -2.15. The van der Waals surface area contributed by atoms with Crippen molar-refractivity contribution in [1.29, 1.82) is 0 Å². The summed E-state index contributed by atoms with van der Waals surface area (Å²) in [5.41, 5.74) is 1.03. The minimum atomic E-state index is -3.86. The second-order valence-electron chi connectivity index (χ2n) is 6.12. The zero-order valence-electron chi connectivity index (χ0n) is 15.8. The third-order valence-electron chi connectivity index (χ3n) is 3.78. The van der Waals surface area contributed by atoms with Crippen molar-refractivity contribution in [1.82, 2.24) is 10.0 Å². The summed E-state index contributed by atoms with van der Waals surface area (Å²) in [7, 11) is -3.86. The van der Waals surface area contributed by atoms with Crippen LogP contribution in [0, 0.1) is 6.92 Å². The number of esters is 1. The molecule has 2 rings (SSSR count). The van der Waals surface area contributed by atoms with E-state index >= 15 is 0 Å². The van der Waals surface area contributed by atoms with Gasteiger partial charge in [0.15, 0.2) is 6.61 Å². The Labute approximate surface area is 183 Å². The normalized spacial score (nSPS) is 11.0. The smallest absolute Gasteiger partial charge is 0.325 e. The van der Waals surface area contributed by atoms with Gasteiger partial charge < -0.3 is 10.1 Å². The van der Waals surface area contributed by atoms with Crippen LogP contribution in [0.1, 0.15) is 15.9 Å². The van der Waals surface area contributed by atoms with Gasteiger partial charge in [-0.3, -0.25) is 14.4 Å². The Balaban J connectivity index is 1.75. The molecular weight excluding hydrogens is 455 g/mol. The first kappa shape index (κ1) is 23.8. The second-order valence-corrected chi connectivity index (χ2v) is 8.73. The lowest BCUT2D eigenvalue weighted by Gasteiger charge is -2.09. The number of Topliss-reactive ketones (excluding diaryl/α,β-unsaturated/α-hetero) is 1. The molecule has 0 fully saturated rings. The maximum Gasteiger partial charge on any atom is 0.325 e. The van der Waals surface area contributed by atoms with E-state index in [-0.39, 0.29) is 15.5 Å². The first-order chi connectivity index (χ1) is 14.1. The van der Waals surface area contributed by atoms with Crippen LogP contribution in [0.4, 0.5) is 0 Å². The van der Waals surface area contributed by atoms with Gasteiger partial charge in [0, 0.05) is 10.6 Å². The summed E-state index contributed by atoms with van der Waals surface area (Å²) in [6, 6.07) is 10.3. The SMILES string of the molecule is Cc1ccc(S(=O)(=O)NCC(=O)NCC(=O)OCC(=O)c2ccc(Cl)cc2Cl)cc1. The Kier molecular flexibility index (Phi) is 8.36. The van der Waals surface area contributed by atoms with Crippen LogP contribution in [0.25, 0.3) is 0 Å². The van der Waals surface area contributed by atoms with Crippen molar-refractivity contribution in [2.24, 2.45) is 0 Å². The summed E-state index contributed by atoms with van der Waals surface area (Å²) < 4.78 is 31.1. The van der Waals surface area contributed by atoms with Crippen LogP contribution in [-0.4, -0.2) is 45.8 Å². The van der Waals surface area contributed by atoms with Crippen LogP contribution in [0.3, 0.4) is 0 Å². The number of carbonyl (C=O) groups is 3. The van der Waals surface area contributed by atoms with Crippen LogP contribution in [-0.2, 0) is 24.3 Å². The lowest BCUT2D eigenvalue weighted by atomic mass is 10.1. The van der Waals surface area contributed by atoms with E-state index in [9.17, 15) is 22.8 Å². The minimum absolute atomic E-state index is 0.0136. The monoisotopic (exact) mass is 472 g/mol. The highest BCUT2D eigenvalue weighted by molar-refractivity contribution is 7.89. The summed E-state index contributed by atoms with van der Waals surface area (Å²) in [6.07, 6.45) is 0. The number of hydrogen-bond acceptors (Lipinski definition) is 6. The van der Waals surface area contributed by atoms with Crippen molar-refractivity contribution < 1.29 is 27.5 Å². The molecule has 0 saturated carbocycles. The fourth-order valence-corrected chi connectivity index (χ4v) is 3.68. The minimum Gasteiger partial charge on any atom is -0.456 e. The summed E-state index contributed by atoms with van der Waals surface area (Å²) in [6.45, 7) is 0.139. The Morgan fingerprint density at radius 3 is 2.30 bits per heavy atom. The highest BCUT2D eigenvalue weighted by Gasteiger charge is 2.17. The third kappa shape index (κ3) is 7.10. The van der Waals surface area contributed by atoms with E-state index in [1.807, 2.05) is 6.92 Å². The van der Waals surface area contributed by atoms with E-state index in [0.29, 0.717) is 5.02 Å². The van der Waals surface area contributed by atoms with E-state index in [0.717, 1.165) is 5.56 Å². The van der Waals surface area contributed by atoms with Crippen LogP contribution < -0.4 is 10.0 Å². The van der Waals surface area contributed by atoms with Gasteiger partial charge in [-0.25, -0.2) is 13.1 Å². The molecule has 0 heterocycles. The van der Waals surface area contributed by atoms with E-state index in [1.165, 1.54) is 30.3 Å². The molecule has 0 unspecified atom stereocenters. The molecular formula is C19H18Cl2N2O6S. The molecule has 2 N–H and O–H groups in total. The molecule has 11 heteroatoms. The number of amides is 1. The third-order valence-corrected chi connectivity index (χ3v) is 5.74. The lowest BCUT2D eigenvalue weighted by Crippen LogP contribution is -2.39. The number of nitrogens with one attached hydrogen (secondary N) is 2. The van der Waals surface area contributed by atoms with Gasteiger partial charge in [0.2, 0.25) is 21.7 Å². The largest absolute Gasteiger partial charge is 0.456 e. The molecule has 8 nitrogen and oxygen atoms in total. The van der Waals surface area contributed by atoms with Gasteiger partial charge in [0.25, 0.3) is 0 Å². The second kappa shape index (κ2) is 10.5. The Bertz CT molecular complexity index is 1060. The Morgan fingerprint density at radius 1 is 1.00 bits per heavy atom. The topological polar surface area (TPSA) is 119 Å². The molecule has 2 aromatic carbocycles. The fourth-order valence-electron chi connectivity index (χ4n) is 2.19. The highest BCUT2D eigenvalue weighted by Crippen LogP contribution is 2.21. The maximum atomic E-state index is 12.1. The van der Waals surface area contributed by atoms with Gasteiger partial charge in [0.1, 0.15) is 6.54 Å².